The normalized spacial score (nSPS) is 12.3. The Bertz CT molecular complexity index is 397. The molecule has 1 heterocycles. The summed E-state index contributed by atoms with van der Waals surface area (Å²) >= 11 is 1.48. The Hall–Kier alpha value is -0.490. The molecule has 0 aliphatic carbocycles. The molecular weight excluding hydrogens is 225 g/mol. The molecule has 0 aliphatic heterocycles. The number of aromatic nitrogens is 1. The van der Waals surface area contributed by atoms with Gasteiger partial charge in [0, 0.05) is 17.7 Å². The van der Waals surface area contributed by atoms with Crippen LogP contribution in [0.5, 0.6) is 0 Å². The highest BCUT2D eigenvalue weighted by Crippen LogP contribution is 2.19. The molecule has 3 nitrogen and oxygen atoms in total. The smallest absolute Gasteiger partial charge is 0.246 e. The number of rotatable bonds is 4. The maximum Gasteiger partial charge on any atom is 0.302 e. The first kappa shape index (κ1) is 11.6. The third-order valence-electron chi connectivity index (χ3n) is 1.67. The molecule has 0 atom stereocenters. The monoisotopic (exact) mass is 237 g/mol. The Kier molecular flexibility index (Phi) is 3.60. The van der Waals surface area contributed by atoms with Gasteiger partial charge < -0.3 is 0 Å². The van der Waals surface area contributed by atoms with E-state index in [1.807, 2.05) is 13.8 Å². The summed E-state index contributed by atoms with van der Waals surface area (Å²) in [5.41, 5.74) is 0.653. The van der Waals surface area contributed by atoms with Crippen LogP contribution in [0.4, 0.5) is 3.89 Å². The van der Waals surface area contributed by atoms with Crippen LogP contribution in [0.2, 0.25) is 0 Å². The van der Waals surface area contributed by atoms with E-state index in [0.29, 0.717) is 11.6 Å². The van der Waals surface area contributed by atoms with Crippen molar-refractivity contribution in [1.29, 1.82) is 0 Å². The second kappa shape index (κ2) is 4.35. The molecule has 0 N–H and O–H groups in total. The molecule has 14 heavy (non-hydrogen) atoms. The van der Waals surface area contributed by atoms with Gasteiger partial charge in [-0.2, -0.15) is 8.42 Å². The lowest BCUT2D eigenvalue weighted by Crippen LogP contribution is -2.02. The number of thiazole rings is 1. The summed E-state index contributed by atoms with van der Waals surface area (Å²) in [7, 11) is -4.37. The minimum Gasteiger partial charge on any atom is -0.246 e. The molecule has 1 aromatic rings. The van der Waals surface area contributed by atoms with E-state index in [2.05, 4.69) is 4.98 Å². The molecule has 0 radical (unpaired) electrons. The molecule has 1 rings (SSSR count). The van der Waals surface area contributed by atoms with E-state index in [-0.39, 0.29) is 6.42 Å². The van der Waals surface area contributed by atoms with Crippen LogP contribution in [0.3, 0.4) is 0 Å². The summed E-state index contributed by atoms with van der Waals surface area (Å²) in [5, 5.41) is 2.73. The molecule has 0 saturated carbocycles. The molecule has 0 spiro atoms. The molecule has 0 fully saturated rings. The van der Waals surface area contributed by atoms with Gasteiger partial charge in [0.25, 0.3) is 0 Å². The van der Waals surface area contributed by atoms with Crippen LogP contribution < -0.4 is 0 Å². The molecule has 80 valence electrons. The quantitative estimate of drug-likeness (QED) is 0.753. The SMILES string of the molecule is CC(C)c1nc(CCS(=O)(=O)F)cs1. The van der Waals surface area contributed by atoms with Crippen molar-refractivity contribution in [3.05, 3.63) is 16.1 Å². The topological polar surface area (TPSA) is 47.0 Å². The molecule has 0 saturated heterocycles. The number of hydrogen-bond donors (Lipinski definition) is 0. The Morgan fingerprint density at radius 1 is 1.57 bits per heavy atom. The number of halogens is 1. The van der Waals surface area contributed by atoms with Gasteiger partial charge in [-0.25, -0.2) is 4.98 Å². The Morgan fingerprint density at radius 2 is 2.21 bits per heavy atom. The van der Waals surface area contributed by atoms with Gasteiger partial charge in [0.2, 0.25) is 0 Å². The van der Waals surface area contributed by atoms with Crippen LogP contribution in [0.25, 0.3) is 0 Å². The van der Waals surface area contributed by atoms with Crippen molar-refractivity contribution in [1.82, 2.24) is 4.98 Å². The van der Waals surface area contributed by atoms with Crippen LogP contribution >= 0.6 is 11.3 Å². The van der Waals surface area contributed by atoms with E-state index in [1.54, 1.807) is 5.38 Å². The summed E-state index contributed by atoms with van der Waals surface area (Å²) in [6.07, 6.45) is 0.155. The average molecular weight is 237 g/mol. The highest BCUT2D eigenvalue weighted by atomic mass is 32.3. The van der Waals surface area contributed by atoms with Crippen molar-refractivity contribution in [2.45, 2.75) is 26.2 Å². The van der Waals surface area contributed by atoms with E-state index in [0.717, 1.165) is 5.01 Å². The standard InChI is InChI=1S/C8H12FNO2S2/c1-6(2)8-10-7(5-13-8)3-4-14(9,11)12/h5-6H,3-4H2,1-2H3. The third kappa shape index (κ3) is 3.71. The van der Waals surface area contributed by atoms with Gasteiger partial charge in [0.15, 0.2) is 0 Å². The Morgan fingerprint density at radius 3 is 2.64 bits per heavy atom. The van der Waals surface area contributed by atoms with Crippen molar-refractivity contribution in [2.75, 3.05) is 5.75 Å². The fraction of sp³-hybridized carbons (Fsp3) is 0.625. The molecule has 0 unspecified atom stereocenters. The van der Waals surface area contributed by atoms with Gasteiger partial charge in [-0.3, -0.25) is 0 Å². The maximum absolute atomic E-state index is 12.2. The highest BCUT2D eigenvalue weighted by Gasteiger charge is 2.10. The fourth-order valence-corrected chi connectivity index (χ4v) is 2.25. The first-order chi connectivity index (χ1) is 6.38. The summed E-state index contributed by atoms with van der Waals surface area (Å²) in [6, 6.07) is 0. The Balaban J connectivity index is 2.61. The van der Waals surface area contributed by atoms with E-state index in [4.69, 9.17) is 0 Å². The van der Waals surface area contributed by atoms with Crippen LogP contribution in [-0.4, -0.2) is 19.2 Å². The summed E-state index contributed by atoms with van der Waals surface area (Å²) in [6.45, 7) is 4.02. The summed E-state index contributed by atoms with van der Waals surface area (Å²) < 4.78 is 32.7. The molecule has 0 amide bonds. The zero-order chi connectivity index (χ0) is 10.8. The molecule has 0 bridgehead atoms. The molecular formula is C8H12FNO2S2. The number of nitrogens with zero attached hydrogens (tertiary/aromatic N) is 1. The van der Waals surface area contributed by atoms with Crippen molar-refractivity contribution in [3.8, 4) is 0 Å². The predicted octanol–water partition coefficient (Wildman–Crippen LogP) is 2.11. The lowest BCUT2D eigenvalue weighted by molar-refractivity contribution is 0.551. The van der Waals surface area contributed by atoms with Crippen molar-refractivity contribution < 1.29 is 12.3 Å². The predicted molar refractivity (Wildman–Crippen MR) is 54.8 cm³/mol. The average Bonchev–Trinajstić information content (AvgIpc) is 2.47. The fourth-order valence-electron chi connectivity index (χ4n) is 0.929. The second-order valence-electron chi connectivity index (χ2n) is 3.32. The lowest BCUT2D eigenvalue weighted by atomic mass is 10.2. The summed E-state index contributed by atoms with van der Waals surface area (Å²) in [5.74, 6) is -0.149. The molecule has 0 aliphatic rings. The van der Waals surface area contributed by atoms with Gasteiger partial charge >= 0.3 is 10.2 Å². The minimum absolute atomic E-state index is 0.155. The maximum atomic E-state index is 12.2. The first-order valence-electron chi connectivity index (χ1n) is 4.25. The van der Waals surface area contributed by atoms with Crippen LogP contribution in [0.15, 0.2) is 5.38 Å². The van der Waals surface area contributed by atoms with Crippen LogP contribution in [-0.2, 0) is 16.6 Å². The van der Waals surface area contributed by atoms with Crippen LogP contribution in [0, 0.1) is 0 Å². The van der Waals surface area contributed by atoms with Gasteiger partial charge in [0.05, 0.1) is 16.5 Å². The van der Waals surface area contributed by atoms with Crippen molar-refractivity contribution in [2.24, 2.45) is 0 Å². The second-order valence-corrected chi connectivity index (χ2v) is 5.70. The third-order valence-corrected chi connectivity index (χ3v) is 3.55. The van der Waals surface area contributed by atoms with Crippen molar-refractivity contribution >= 4 is 21.6 Å². The molecule has 1 aromatic heterocycles. The zero-order valence-electron chi connectivity index (χ0n) is 8.03. The van der Waals surface area contributed by atoms with Gasteiger partial charge in [0.1, 0.15) is 0 Å². The van der Waals surface area contributed by atoms with E-state index in [9.17, 15) is 12.3 Å². The highest BCUT2D eigenvalue weighted by molar-refractivity contribution is 7.86. The van der Waals surface area contributed by atoms with Crippen molar-refractivity contribution in [3.63, 3.8) is 0 Å². The minimum atomic E-state index is -4.37. The van der Waals surface area contributed by atoms with Gasteiger partial charge in [-0.1, -0.05) is 13.8 Å². The van der Waals surface area contributed by atoms with E-state index < -0.39 is 16.0 Å². The number of hydrogen-bond acceptors (Lipinski definition) is 4. The zero-order valence-corrected chi connectivity index (χ0v) is 9.66. The largest absolute Gasteiger partial charge is 0.302 e. The molecule has 6 heteroatoms. The van der Waals surface area contributed by atoms with Crippen LogP contribution in [0.1, 0.15) is 30.5 Å². The first-order valence-corrected chi connectivity index (χ1v) is 6.68. The molecule has 0 aromatic carbocycles. The van der Waals surface area contributed by atoms with E-state index in [1.165, 1.54) is 11.3 Å². The van der Waals surface area contributed by atoms with E-state index >= 15 is 0 Å². The van der Waals surface area contributed by atoms with Gasteiger partial charge in [-0.15, -0.1) is 15.2 Å². The lowest BCUT2D eigenvalue weighted by Gasteiger charge is -1.96. The number of aryl methyl sites for hydroxylation is 1. The van der Waals surface area contributed by atoms with Gasteiger partial charge in [-0.05, 0) is 0 Å². The Labute approximate surface area is 87.2 Å². The summed E-state index contributed by atoms with van der Waals surface area (Å²) in [4.78, 5) is 4.20.